The van der Waals surface area contributed by atoms with Gasteiger partial charge in [0.15, 0.2) is 5.76 Å². The first-order chi connectivity index (χ1) is 12.6. The number of rotatable bonds is 6. The Morgan fingerprint density at radius 2 is 1.96 bits per heavy atom. The molecule has 0 spiro atoms. The summed E-state index contributed by atoms with van der Waals surface area (Å²) in [5, 5.41) is 1.81. The predicted octanol–water partition coefficient (Wildman–Crippen LogP) is 3.76. The normalized spacial score (nSPS) is 16.7. The van der Waals surface area contributed by atoms with Crippen LogP contribution in [0.1, 0.15) is 29.7 Å². The van der Waals surface area contributed by atoms with Gasteiger partial charge in [0, 0.05) is 12.6 Å². The lowest BCUT2D eigenvalue weighted by molar-refractivity contribution is -0.142. The Bertz CT molecular complexity index is 798. The highest BCUT2D eigenvalue weighted by molar-refractivity contribution is 5.73. The van der Waals surface area contributed by atoms with Gasteiger partial charge in [-0.05, 0) is 42.3 Å². The van der Waals surface area contributed by atoms with E-state index >= 15 is 0 Å². The maximum absolute atomic E-state index is 11.7. The maximum Gasteiger partial charge on any atom is 0.310 e. The highest BCUT2D eigenvalue weighted by atomic mass is 16.7. The van der Waals surface area contributed by atoms with Crippen LogP contribution in [0.4, 0.5) is 0 Å². The summed E-state index contributed by atoms with van der Waals surface area (Å²) in [6.07, 6.45) is 2.33. The number of carbonyl (C=O) groups excluding carboxylic acids is 1. The highest BCUT2D eigenvalue weighted by Gasteiger charge is 2.26. The van der Waals surface area contributed by atoms with Gasteiger partial charge in [-0.2, -0.15) is 0 Å². The molecule has 0 N–H and O–H groups in total. The van der Waals surface area contributed by atoms with E-state index in [1.807, 2.05) is 60.6 Å². The lowest BCUT2D eigenvalue weighted by atomic mass is 10.0. The van der Waals surface area contributed by atoms with E-state index in [0.29, 0.717) is 6.61 Å². The van der Waals surface area contributed by atoms with Gasteiger partial charge in [-0.1, -0.05) is 30.3 Å². The fourth-order valence-corrected chi connectivity index (χ4v) is 2.96. The smallest absolute Gasteiger partial charge is 0.310 e. The minimum atomic E-state index is -0.223. The predicted molar refractivity (Wildman–Crippen MR) is 99.3 cm³/mol. The fraction of sp³-hybridized carbons (Fsp3) is 0.286. The Balaban J connectivity index is 1.79. The molecule has 0 bridgehead atoms. The van der Waals surface area contributed by atoms with Crippen molar-refractivity contribution >= 4 is 11.7 Å². The Labute approximate surface area is 153 Å². The number of benzene rings is 2. The van der Waals surface area contributed by atoms with E-state index in [0.717, 1.165) is 28.2 Å². The molecular weight excluding hydrogens is 330 g/mol. The van der Waals surface area contributed by atoms with Crippen molar-refractivity contribution in [2.45, 2.75) is 19.4 Å². The minimum Gasteiger partial charge on any atom is -0.497 e. The average molecular weight is 353 g/mol. The summed E-state index contributed by atoms with van der Waals surface area (Å²) in [4.78, 5) is 17.6. The van der Waals surface area contributed by atoms with E-state index in [4.69, 9.17) is 14.3 Å². The van der Waals surface area contributed by atoms with Crippen LogP contribution in [0.3, 0.4) is 0 Å². The molecule has 2 aromatic carbocycles. The number of esters is 1. The monoisotopic (exact) mass is 353 g/mol. The van der Waals surface area contributed by atoms with E-state index in [1.165, 1.54) is 0 Å². The molecule has 1 heterocycles. The third kappa shape index (κ3) is 4.06. The van der Waals surface area contributed by atoms with Crippen LogP contribution in [0.5, 0.6) is 5.75 Å². The van der Waals surface area contributed by atoms with Gasteiger partial charge in [0.25, 0.3) is 0 Å². The van der Waals surface area contributed by atoms with Gasteiger partial charge in [-0.3, -0.25) is 4.79 Å². The zero-order chi connectivity index (χ0) is 18.5. The van der Waals surface area contributed by atoms with Crippen LogP contribution in [0.2, 0.25) is 0 Å². The zero-order valence-corrected chi connectivity index (χ0v) is 15.3. The van der Waals surface area contributed by atoms with Crippen LogP contribution in [0.25, 0.3) is 5.76 Å². The van der Waals surface area contributed by atoms with Crippen LogP contribution >= 0.6 is 0 Å². The molecule has 0 saturated carbocycles. The fourth-order valence-electron chi connectivity index (χ4n) is 2.96. The van der Waals surface area contributed by atoms with Crippen LogP contribution in [-0.4, -0.2) is 31.8 Å². The van der Waals surface area contributed by atoms with Gasteiger partial charge in [0.1, 0.15) is 5.75 Å². The van der Waals surface area contributed by atoms with Crippen molar-refractivity contribution in [1.29, 1.82) is 0 Å². The first kappa shape index (κ1) is 18.0. The van der Waals surface area contributed by atoms with Crippen molar-refractivity contribution in [1.82, 2.24) is 5.06 Å². The van der Waals surface area contributed by atoms with Gasteiger partial charge in [-0.25, -0.2) is 0 Å². The quantitative estimate of drug-likeness (QED) is 0.740. The summed E-state index contributed by atoms with van der Waals surface area (Å²) in [7, 11) is 3.56. The van der Waals surface area contributed by atoms with Crippen LogP contribution < -0.4 is 4.74 Å². The molecule has 0 fully saturated rings. The number of ether oxygens (including phenoxy) is 2. The van der Waals surface area contributed by atoms with Crippen molar-refractivity contribution in [2.75, 3.05) is 20.8 Å². The molecule has 136 valence electrons. The third-order valence-electron chi connectivity index (χ3n) is 4.27. The first-order valence-corrected chi connectivity index (χ1v) is 8.62. The molecule has 2 aromatic rings. The number of hydroxylamine groups is 2. The summed E-state index contributed by atoms with van der Waals surface area (Å²) in [5.41, 5.74) is 2.96. The van der Waals surface area contributed by atoms with Crippen molar-refractivity contribution in [2.24, 2.45) is 0 Å². The lowest BCUT2D eigenvalue weighted by Gasteiger charge is -2.18. The van der Waals surface area contributed by atoms with Crippen molar-refractivity contribution in [3.63, 3.8) is 0 Å². The molecule has 0 radical (unpaired) electrons. The summed E-state index contributed by atoms with van der Waals surface area (Å²) in [6, 6.07) is 15.7. The van der Waals surface area contributed by atoms with E-state index in [-0.39, 0.29) is 18.4 Å². The number of methoxy groups -OCH3 is 1. The number of hydrogen-bond donors (Lipinski definition) is 0. The Hall–Kier alpha value is -2.79. The topological polar surface area (TPSA) is 48.0 Å². The van der Waals surface area contributed by atoms with Crippen molar-refractivity contribution in [3.8, 4) is 5.75 Å². The molecule has 1 unspecified atom stereocenters. The number of hydrogen-bond acceptors (Lipinski definition) is 5. The second kappa shape index (κ2) is 8.06. The van der Waals surface area contributed by atoms with Gasteiger partial charge < -0.3 is 14.3 Å². The largest absolute Gasteiger partial charge is 0.497 e. The molecule has 0 saturated heterocycles. The van der Waals surface area contributed by atoms with E-state index in [1.54, 1.807) is 14.0 Å². The van der Waals surface area contributed by atoms with Gasteiger partial charge in [0.05, 0.1) is 26.2 Å². The second-order valence-corrected chi connectivity index (χ2v) is 6.07. The van der Waals surface area contributed by atoms with E-state index in [9.17, 15) is 4.79 Å². The molecule has 1 aliphatic rings. The minimum absolute atomic E-state index is 0.0182. The van der Waals surface area contributed by atoms with E-state index in [2.05, 4.69) is 6.08 Å². The molecule has 1 atom stereocenters. The average Bonchev–Trinajstić information content (AvgIpc) is 3.04. The van der Waals surface area contributed by atoms with Crippen LogP contribution in [-0.2, 0) is 20.8 Å². The standard InChI is InChI=1S/C21H23NO4/c1-4-25-21(23)13-15-6-5-7-17(12-15)20-14-19(22(2)26-20)16-8-10-18(24-3)11-9-16/h5-12,14,19H,4,13H2,1-3H3. The van der Waals surface area contributed by atoms with Crippen LogP contribution in [0.15, 0.2) is 54.6 Å². The van der Waals surface area contributed by atoms with Gasteiger partial charge >= 0.3 is 5.97 Å². The molecule has 5 heteroatoms. The third-order valence-corrected chi connectivity index (χ3v) is 4.27. The number of nitrogens with zero attached hydrogens (tertiary/aromatic N) is 1. The molecule has 3 rings (SSSR count). The molecule has 0 amide bonds. The zero-order valence-electron chi connectivity index (χ0n) is 15.3. The Morgan fingerprint density at radius 1 is 1.19 bits per heavy atom. The summed E-state index contributed by atoms with van der Waals surface area (Å²) in [5.74, 6) is 1.38. The molecule has 0 aromatic heterocycles. The number of likely N-dealkylation sites (N-methyl/N-ethyl adjacent to an activating group) is 1. The first-order valence-electron chi connectivity index (χ1n) is 8.62. The Kier molecular flexibility index (Phi) is 5.58. The van der Waals surface area contributed by atoms with E-state index < -0.39 is 0 Å². The van der Waals surface area contributed by atoms with Gasteiger partial charge in [0.2, 0.25) is 0 Å². The van der Waals surface area contributed by atoms with Gasteiger partial charge in [-0.15, -0.1) is 5.06 Å². The highest BCUT2D eigenvalue weighted by Crippen LogP contribution is 2.35. The van der Waals surface area contributed by atoms with Crippen LogP contribution in [0, 0.1) is 0 Å². The molecule has 0 aliphatic carbocycles. The molecular formula is C21H23NO4. The van der Waals surface area contributed by atoms with Crippen molar-refractivity contribution in [3.05, 3.63) is 71.3 Å². The second-order valence-electron chi connectivity index (χ2n) is 6.07. The summed E-state index contributed by atoms with van der Waals surface area (Å²) >= 11 is 0. The number of carbonyl (C=O) groups is 1. The SMILES string of the molecule is CCOC(=O)Cc1cccc(C2=CC(c3ccc(OC)cc3)N(C)O2)c1. The lowest BCUT2D eigenvalue weighted by Crippen LogP contribution is -2.17. The maximum atomic E-state index is 11.7. The molecule has 1 aliphatic heterocycles. The summed E-state index contributed by atoms with van der Waals surface area (Å²) < 4.78 is 10.2. The summed E-state index contributed by atoms with van der Waals surface area (Å²) in [6.45, 7) is 2.20. The Morgan fingerprint density at radius 3 is 2.65 bits per heavy atom. The molecule has 26 heavy (non-hydrogen) atoms. The molecule has 5 nitrogen and oxygen atoms in total. The van der Waals surface area contributed by atoms with Crippen molar-refractivity contribution < 1.29 is 19.1 Å².